The maximum absolute atomic E-state index is 13.1. The van der Waals surface area contributed by atoms with Crippen LogP contribution in [0.25, 0.3) is 11.1 Å². The fraction of sp³-hybridized carbons (Fsp3) is 0.400. The van der Waals surface area contributed by atoms with Gasteiger partial charge in [-0.25, -0.2) is 5.01 Å². The van der Waals surface area contributed by atoms with E-state index in [0.717, 1.165) is 34.7 Å². The summed E-state index contributed by atoms with van der Waals surface area (Å²) in [5.74, 6) is 0.578. The predicted octanol–water partition coefficient (Wildman–Crippen LogP) is 3.48. The first kappa shape index (κ1) is 17.8. The molecule has 7 nitrogen and oxygen atoms in total. The molecule has 1 aliphatic heterocycles. The van der Waals surface area contributed by atoms with Crippen LogP contribution >= 0.6 is 0 Å². The molecule has 1 aliphatic carbocycles. The Morgan fingerprint density at radius 1 is 1.04 bits per heavy atom. The summed E-state index contributed by atoms with van der Waals surface area (Å²) in [4.78, 5) is 0. The Hall–Kier alpha value is -2.64. The zero-order valence-electron chi connectivity index (χ0n) is 15.6. The van der Waals surface area contributed by atoms with Crippen molar-refractivity contribution in [3.63, 3.8) is 0 Å². The van der Waals surface area contributed by atoms with Crippen molar-refractivity contribution in [2.45, 2.75) is 45.3 Å². The lowest BCUT2D eigenvalue weighted by Crippen LogP contribution is -2.45. The summed E-state index contributed by atoms with van der Waals surface area (Å²) in [7, 11) is 0. The molecule has 0 atom stereocenters. The number of hydrazine groups is 1. The molecule has 27 heavy (non-hydrogen) atoms. The van der Waals surface area contributed by atoms with E-state index in [0.29, 0.717) is 35.0 Å². The van der Waals surface area contributed by atoms with Crippen molar-refractivity contribution < 1.29 is 4.74 Å². The molecule has 1 fully saturated rings. The van der Waals surface area contributed by atoms with Gasteiger partial charge in [-0.1, -0.05) is 25.8 Å². The molecule has 0 bridgehead atoms. The van der Waals surface area contributed by atoms with Gasteiger partial charge in [0.2, 0.25) is 0 Å². The van der Waals surface area contributed by atoms with E-state index in [9.17, 15) is 5.21 Å². The molecule has 0 unspecified atom stereocenters. The normalized spacial score (nSPS) is 16.1. The Balaban J connectivity index is 1.73. The van der Waals surface area contributed by atoms with E-state index in [4.69, 9.17) is 21.9 Å². The van der Waals surface area contributed by atoms with E-state index in [1.165, 1.54) is 12.8 Å². The molecule has 0 amide bonds. The van der Waals surface area contributed by atoms with E-state index >= 15 is 0 Å². The van der Waals surface area contributed by atoms with E-state index < -0.39 is 0 Å². The molecular weight excluding hydrogens is 342 g/mol. The lowest BCUT2D eigenvalue weighted by Gasteiger charge is -2.45. The van der Waals surface area contributed by atoms with Crippen LogP contribution in [0, 0.1) is 5.21 Å². The third-order valence-corrected chi connectivity index (χ3v) is 5.72. The second kappa shape index (κ2) is 6.83. The molecule has 6 N–H and O–H groups in total. The third-order valence-electron chi connectivity index (χ3n) is 5.72. The smallest absolute Gasteiger partial charge is 0.152 e. The quantitative estimate of drug-likeness (QED) is 0.558. The lowest BCUT2D eigenvalue weighted by atomic mass is 9.94. The van der Waals surface area contributed by atoms with Gasteiger partial charge in [0.05, 0.1) is 22.7 Å². The summed E-state index contributed by atoms with van der Waals surface area (Å²) in [6.07, 6.45) is 4.44. The van der Waals surface area contributed by atoms with Gasteiger partial charge in [0.15, 0.2) is 5.75 Å². The van der Waals surface area contributed by atoms with Gasteiger partial charge in [-0.2, -0.15) is 0 Å². The zero-order chi connectivity index (χ0) is 19.1. The highest BCUT2D eigenvalue weighted by atomic mass is 16.6. The monoisotopic (exact) mass is 368 g/mol. The van der Waals surface area contributed by atoms with Crippen LogP contribution in [0.2, 0.25) is 0 Å². The fourth-order valence-corrected chi connectivity index (χ4v) is 4.23. The van der Waals surface area contributed by atoms with Crippen LogP contribution in [-0.4, -0.2) is 17.6 Å². The molecule has 4 rings (SSSR count). The summed E-state index contributed by atoms with van der Waals surface area (Å²) >= 11 is 0. The molecule has 2 aromatic carbocycles. The van der Waals surface area contributed by atoms with E-state index in [1.807, 2.05) is 24.1 Å². The average molecular weight is 368 g/mol. The third kappa shape index (κ3) is 2.83. The number of hydrogen-bond donors (Lipinski definition) is 3. The SMILES string of the molecule is CCN(C1CCCC1)N([O-])c1ccc2c(c1N)COc1c-2ccc(N)c1N. The Labute approximate surface area is 159 Å². The lowest BCUT2D eigenvalue weighted by molar-refractivity contribution is 0.209. The molecule has 7 heteroatoms. The van der Waals surface area contributed by atoms with Gasteiger partial charge in [-0.15, -0.1) is 0 Å². The molecular formula is C20H26N5O2-. The first-order valence-electron chi connectivity index (χ1n) is 9.49. The van der Waals surface area contributed by atoms with Crippen LogP contribution in [0.15, 0.2) is 24.3 Å². The molecule has 144 valence electrons. The van der Waals surface area contributed by atoms with Crippen molar-refractivity contribution in [1.29, 1.82) is 0 Å². The summed E-state index contributed by atoms with van der Waals surface area (Å²) in [6, 6.07) is 7.63. The first-order valence-corrected chi connectivity index (χ1v) is 9.49. The van der Waals surface area contributed by atoms with Crippen molar-refractivity contribution >= 4 is 22.7 Å². The standard InChI is InChI=1S/C20H26N5O2/c1-2-24(12-5-3-4-6-12)25(26)17-10-8-13-14-7-9-16(21)19(23)20(14)27-11-15(13)18(17)22/h7-10,12H,2-6,11,21-23H2,1H3/q-1. The van der Waals surface area contributed by atoms with Crippen LogP contribution < -0.4 is 27.1 Å². The number of anilines is 4. The van der Waals surface area contributed by atoms with Crippen LogP contribution in [0.4, 0.5) is 22.7 Å². The summed E-state index contributed by atoms with van der Waals surface area (Å²) < 4.78 is 5.84. The molecule has 0 aromatic heterocycles. The minimum Gasteiger partial charge on any atom is -0.743 e. The minimum absolute atomic E-state index is 0.263. The van der Waals surface area contributed by atoms with Gasteiger partial charge < -0.3 is 32.3 Å². The molecule has 1 saturated carbocycles. The number of fused-ring (bicyclic) bond motifs is 3. The van der Waals surface area contributed by atoms with E-state index in [2.05, 4.69) is 0 Å². The second-order valence-electron chi connectivity index (χ2n) is 7.23. The first-order chi connectivity index (χ1) is 13.0. The number of nitrogens with two attached hydrogens (primary N) is 3. The van der Waals surface area contributed by atoms with E-state index in [1.54, 1.807) is 12.1 Å². The highest BCUT2D eigenvalue weighted by molar-refractivity contribution is 5.90. The van der Waals surface area contributed by atoms with Crippen molar-refractivity contribution in [3.8, 4) is 16.9 Å². The number of hydrogen-bond acceptors (Lipinski definition) is 7. The van der Waals surface area contributed by atoms with Crippen LogP contribution in [0.5, 0.6) is 5.75 Å². The second-order valence-corrected chi connectivity index (χ2v) is 7.23. The predicted molar refractivity (Wildman–Crippen MR) is 110 cm³/mol. The minimum atomic E-state index is 0.263. The number of benzene rings is 2. The molecule has 0 saturated heterocycles. The Bertz CT molecular complexity index is 864. The Morgan fingerprint density at radius 2 is 1.74 bits per heavy atom. The molecule has 1 heterocycles. The average Bonchev–Trinajstić information content (AvgIpc) is 3.19. The van der Waals surface area contributed by atoms with Crippen molar-refractivity contribution in [3.05, 3.63) is 35.0 Å². The van der Waals surface area contributed by atoms with Crippen LogP contribution in [-0.2, 0) is 6.61 Å². The van der Waals surface area contributed by atoms with Crippen LogP contribution in [0.3, 0.4) is 0 Å². The van der Waals surface area contributed by atoms with Crippen molar-refractivity contribution in [2.75, 3.05) is 28.9 Å². The van der Waals surface area contributed by atoms with Crippen molar-refractivity contribution in [1.82, 2.24) is 5.01 Å². The van der Waals surface area contributed by atoms with Crippen LogP contribution in [0.1, 0.15) is 38.2 Å². The summed E-state index contributed by atoms with van der Waals surface area (Å²) in [6.45, 7) is 2.92. The maximum Gasteiger partial charge on any atom is 0.152 e. The largest absolute Gasteiger partial charge is 0.743 e. The van der Waals surface area contributed by atoms with Crippen molar-refractivity contribution in [2.24, 2.45) is 0 Å². The Morgan fingerprint density at radius 3 is 2.44 bits per heavy atom. The summed E-state index contributed by atoms with van der Waals surface area (Å²) in [5.41, 5.74) is 22.8. The molecule has 0 spiro atoms. The fourth-order valence-electron chi connectivity index (χ4n) is 4.23. The van der Waals surface area contributed by atoms with Gasteiger partial charge in [-0.3, -0.25) is 0 Å². The van der Waals surface area contributed by atoms with Gasteiger partial charge in [-0.05, 0) is 36.6 Å². The van der Waals surface area contributed by atoms with Gasteiger partial charge >= 0.3 is 0 Å². The number of nitrogen functional groups attached to an aromatic ring is 3. The molecule has 0 radical (unpaired) electrons. The maximum atomic E-state index is 13.1. The molecule has 2 aromatic rings. The zero-order valence-corrected chi connectivity index (χ0v) is 15.6. The molecule has 2 aliphatic rings. The number of nitrogens with zero attached hydrogens (tertiary/aromatic N) is 2. The highest BCUT2D eigenvalue weighted by Gasteiger charge is 2.27. The topological polar surface area (TPSA) is 117 Å². The number of rotatable bonds is 4. The van der Waals surface area contributed by atoms with Gasteiger partial charge in [0.1, 0.15) is 6.61 Å². The Kier molecular flexibility index (Phi) is 4.49. The van der Waals surface area contributed by atoms with E-state index in [-0.39, 0.29) is 12.6 Å². The van der Waals surface area contributed by atoms with Gasteiger partial charge in [0, 0.05) is 23.7 Å². The highest BCUT2D eigenvalue weighted by Crippen LogP contribution is 2.46. The summed E-state index contributed by atoms with van der Waals surface area (Å²) in [5, 5.41) is 15.9. The van der Waals surface area contributed by atoms with Gasteiger partial charge in [0.25, 0.3) is 0 Å². The number of ether oxygens (including phenoxy) is 1.